The van der Waals surface area contributed by atoms with Crippen LogP contribution in [0.5, 0.6) is 0 Å². The van der Waals surface area contributed by atoms with Gasteiger partial charge in [0.25, 0.3) is 0 Å². The van der Waals surface area contributed by atoms with Crippen LogP contribution in [0.3, 0.4) is 0 Å². The van der Waals surface area contributed by atoms with Gasteiger partial charge in [-0.1, -0.05) is 43.7 Å². The lowest BCUT2D eigenvalue weighted by Gasteiger charge is -2.19. The first-order valence-electron chi connectivity index (χ1n) is 5.31. The Morgan fingerprint density at radius 1 is 1.40 bits per heavy atom. The number of amides is 1. The number of rotatable bonds is 3. The summed E-state index contributed by atoms with van der Waals surface area (Å²) in [7, 11) is 1.85. The molecule has 0 unspecified atom stereocenters. The van der Waals surface area contributed by atoms with Gasteiger partial charge in [0.15, 0.2) is 0 Å². The maximum Gasteiger partial charge on any atom is 0.225 e. The molecule has 0 N–H and O–H groups in total. The third-order valence-electron chi connectivity index (χ3n) is 2.37. The summed E-state index contributed by atoms with van der Waals surface area (Å²) in [5.41, 5.74) is 2.42. The standard InChI is InChI=1S/C13H19NO/c1-10(2)13(15)14(4)9-12-7-5-6-11(3)8-12/h5-8,10H,9H2,1-4H3. The minimum Gasteiger partial charge on any atom is -0.341 e. The van der Waals surface area contributed by atoms with Crippen molar-refractivity contribution in [3.05, 3.63) is 35.4 Å². The molecule has 1 aromatic carbocycles. The fourth-order valence-corrected chi connectivity index (χ4v) is 1.60. The molecule has 1 aromatic rings. The van der Waals surface area contributed by atoms with Crippen LogP contribution < -0.4 is 0 Å². The van der Waals surface area contributed by atoms with Crippen molar-refractivity contribution in [1.29, 1.82) is 0 Å². The van der Waals surface area contributed by atoms with Gasteiger partial charge in [0.1, 0.15) is 0 Å². The Morgan fingerprint density at radius 3 is 2.60 bits per heavy atom. The summed E-state index contributed by atoms with van der Waals surface area (Å²) in [6.45, 7) is 6.61. The van der Waals surface area contributed by atoms with Gasteiger partial charge in [-0.3, -0.25) is 4.79 Å². The van der Waals surface area contributed by atoms with Crippen molar-refractivity contribution < 1.29 is 4.79 Å². The smallest absolute Gasteiger partial charge is 0.225 e. The maximum atomic E-state index is 11.7. The quantitative estimate of drug-likeness (QED) is 0.742. The lowest BCUT2D eigenvalue weighted by molar-refractivity contribution is -0.133. The lowest BCUT2D eigenvalue weighted by Crippen LogP contribution is -2.29. The van der Waals surface area contributed by atoms with E-state index in [0.717, 1.165) is 0 Å². The number of benzene rings is 1. The van der Waals surface area contributed by atoms with Gasteiger partial charge in [0.05, 0.1) is 0 Å². The van der Waals surface area contributed by atoms with Crippen LogP contribution in [0.4, 0.5) is 0 Å². The molecule has 0 atom stereocenters. The molecule has 0 fully saturated rings. The van der Waals surface area contributed by atoms with E-state index >= 15 is 0 Å². The molecule has 0 heterocycles. The average molecular weight is 205 g/mol. The summed E-state index contributed by atoms with van der Waals surface area (Å²) in [6, 6.07) is 8.26. The van der Waals surface area contributed by atoms with Gasteiger partial charge >= 0.3 is 0 Å². The van der Waals surface area contributed by atoms with Crippen molar-refractivity contribution in [2.24, 2.45) is 5.92 Å². The zero-order valence-corrected chi connectivity index (χ0v) is 9.95. The van der Waals surface area contributed by atoms with Gasteiger partial charge < -0.3 is 4.90 Å². The fourth-order valence-electron chi connectivity index (χ4n) is 1.60. The molecule has 15 heavy (non-hydrogen) atoms. The zero-order valence-electron chi connectivity index (χ0n) is 9.95. The lowest BCUT2D eigenvalue weighted by atomic mass is 10.1. The van der Waals surface area contributed by atoms with E-state index in [1.54, 1.807) is 4.90 Å². The number of aryl methyl sites for hydroxylation is 1. The zero-order chi connectivity index (χ0) is 11.4. The van der Waals surface area contributed by atoms with Crippen molar-refractivity contribution in [2.45, 2.75) is 27.3 Å². The summed E-state index contributed by atoms with van der Waals surface area (Å²) < 4.78 is 0. The van der Waals surface area contributed by atoms with Gasteiger partial charge in [-0.25, -0.2) is 0 Å². The molecule has 0 radical (unpaired) electrons. The van der Waals surface area contributed by atoms with Crippen molar-refractivity contribution in [1.82, 2.24) is 4.90 Å². The Kier molecular flexibility index (Phi) is 3.89. The second-order valence-electron chi connectivity index (χ2n) is 4.34. The third kappa shape index (κ3) is 3.39. The van der Waals surface area contributed by atoms with Crippen LogP contribution in [0.2, 0.25) is 0 Å². The third-order valence-corrected chi connectivity index (χ3v) is 2.37. The molecule has 82 valence electrons. The first-order valence-corrected chi connectivity index (χ1v) is 5.31. The fraction of sp³-hybridized carbons (Fsp3) is 0.462. The number of hydrogen-bond donors (Lipinski definition) is 0. The average Bonchev–Trinajstić information content (AvgIpc) is 2.16. The number of carbonyl (C=O) groups is 1. The van der Waals surface area contributed by atoms with Crippen LogP contribution in [0, 0.1) is 12.8 Å². The van der Waals surface area contributed by atoms with Gasteiger partial charge in [-0.15, -0.1) is 0 Å². The van der Waals surface area contributed by atoms with Gasteiger partial charge in [-0.2, -0.15) is 0 Å². The van der Waals surface area contributed by atoms with E-state index in [2.05, 4.69) is 25.1 Å². The highest BCUT2D eigenvalue weighted by molar-refractivity contribution is 5.77. The van der Waals surface area contributed by atoms with E-state index in [9.17, 15) is 4.79 Å². The van der Waals surface area contributed by atoms with Gasteiger partial charge in [-0.05, 0) is 12.5 Å². The minimum atomic E-state index is 0.0693. The molecule has 0 bridgehead atoms. The van der Waals surface area contributed by atoms with Crippen molar-refractivity contribution in [3.8, 4) is 0 Å². The first-order chi connectivity index (χ1) is 7.00. The molecule has 0 aliphatic heterocycles. The monoisotopic (exact) mass is 205 g/mol. The Hall–Kier alpha value is -1.31. The van der Waals surface area contributed by atoms with Gasteiger partial charge in [0.2, 0.25) is 5.91 Å². The molecule has 0 spiro atoms. The SMILES string of the molecule is Cc1cccc(CN(C)C(=O)C(C)C)c1. The number of carbonyl (C=O) groups excluding carboxylic acids is 1. The largest absolute Gasteiger partial charge is 0.341 e. The Balaban J connectivity index is 2.66. The minimum absolute atomic E-state index is 0.0693. The highest BCUT2D eigenvalue weighted by Gasteiger charge is 2.12. The molecule has 0 saturated carbocycles. The maximum absolute atomic E-state index is 11.7. The van der Waals surface area contributed by atoms with Crippen molar-refractivity contribution in [3.63, 3.8) is 0 Å². The molecule has 2 heteroatoms. The van der Waals surface area contributed by atoms with Crippen LogP contribution in [0.15, 0.2) is 24.3 Å². The molecule has 2 nitrogen and oxygen atoms in total. The Bertz CT molecular complexity index is 344. The number of nitrogens with zero attached hydrogens (tertiary/aromatic N) is 1. The molecule has 0 aliphatic rings. The van der Waals surface area contributed by atoms with Gasteiger partial charge in [0, 0.05) is 19.5 Å². The highest BCUT2D eigenvalue weighted by Crippen LogP contribution is 2.08. The molecule has 1 rings (SSSR count). The summed E-state index contributed by atoms with van der Waals surface area (Å²) >= 11 is 0. The topological polar surface area (TPSA) is 20.3 Å². The predicted octanol–water partition coefficient (Wildman–Crippen LogP) is 2.61. The molecule has 1 amide bonds. The highest BCUT2D eigenvalue weighted by atomic mass is 16.2. The van der Waals surface area contributed by atoms with E-state index < -0.39 is 0 Å². The van der Waals surface area contributed by atoms with Crippen LogP contribution >= 0.6 is 0 Å². The second kappa shape index (κ2) is 4.96. The van der Waals surface area contributed by atoms with E-state index in [-0.39, 0.29) is 11.8 Å². The van der Waals surface area contributed by atoms with E-state index in [1.165, 1.54) is 11.1 Å². The summed E-state index contributed by atoms with van der Waals surface area (Å²) in [4.78, 5) is 13.4. The summed E-state index contributed by atoms with van der Waals surface area (Å²) in [5.74, 6) is 0.260. The Morgan fingerprint density at radius 2 is 2.07 bits per heavy atom. The van der Waals surface area contributed by atoms with Crippen LogP contribution in [-0.4, -0.2) is 17.9 Å². The van der Waals surface area contributed by atoms with Crippen molar-refractivity contribution in [2.75, 3.05) is 7.05 Å². The molecule has 0 aliphatic carbocycles. The van der Waals surface area contributed by atoms with E-state index in [0.29, 0.717) is 6.54 Å². The van der Waals surface area contributed by atoms with Crippen LogP contribution in [-0.2, 0) is 11.3 Å². The second-order valence-corrected chi connectivity index (χ2v) is 4.34. The van der Waals surface area contributed by atoms with E-state index in [4.69, 9.17) is 0 Å². The molecule has 0 saturated heterocycles. The van der Waals surface area contributed by atoms with Crippen LogP contribution in [0.25, 0.3) is 0 Å². The molecule has 0 aromatic heterocycles. The molecular weight excluding hydrogens is 186 g/mol. The van der Waals surface area contributed by atoms with E-state index in [1.807, 2.05) is 27.0 Å². The van der Waals surface area contributed by atoms with Crippen LogP contribution in [0.1, 0.15) is 25.0 Å². The summed E-state index contributed by atoms with van der Waals surface area (Å²) in [5, 5.41) is 0. The number of hydrogen-bond acceptors (Lipinski definition) is 1. The first kappa shape index (κ1) is 11.8. The normalized spacial score (nSPS) is 10.5. The predicted molar refractivity (Wildman–Crippen MR) is 62.5 cm³/mol. The Labute approximate surface area is 91.9 Å². The molecular formula is C13H19NO. The van der Waals surface area contributed by atoms with Crippen molar-refractivity contribution >= 4 is 5.91 Å². The summed E-state index contributed by atoms with van der Waals surface area (Å²) in [6.07, 6.45) is 0.